The molecule has 2 aromatic rings. The van der Waals surface area contributed by atoms with Gasteiger partial charge in [0.05, 0.1) is 6.04 Å². The van der Waals surface area contributed by atoms with Gasteiger partial charge in [0.2, 0.25) is 0 Å². The van der Waals surface area contributed by atoms with Gasteiger partial charge >= 0.3 is 0 Å². The zero-order chi connectivity index (χ0) is 13.2. The average Bonchev–Trinajstić information content (AvgIpc) is 3.16. The van der Waals surface area contributed by atoms with Crippen molar-refractivity contribution < 1.29 is 4.79 Å². The minimum Gasteiger partial charge on any atom is -0.330 e. The fourth-order valence-electron chi connectivity index (χ4n) is 2.47. The molecule has 4 nitrogen and oxygen atoms in total. The predicted molar refractivity (Wildman–Crippen MR) is 84.6 cm³/mol. The molecule has 7 heteroatoms. The summed E-state index contributed by atoms with van der Waals surface area (Å²) in [6.45, 7) is 1.21. The molecular weight excluding hydrogens is 314 g/mol. The number of halogens is 1. The molecule has 0 saturated carbocycles. The molecule has 1 unspecified atom stereocenters. The van der Waals surface area contributed by atoms with Crippen molar-refractivity contribution in [3.8, 4) is 0 Å². The van der Waals surface area contributed by atoms with Gasteiger partial charge in [0.25, 0.3) is 5.91 Å². The fourth-order valence-corrected chi connectivity index (χ4v) is 3.83. The van der Waals surface area contributed by atoms with Crippen LogP contribution in [0.4, 0.5) is 0 Å². The highest BCUT2D eigenvalue weighted by Crippen LogP contribution is 2.34. The molecule has 1 saturated heterocycles. The average molecular weight is 330 g/mol. The topological polar surface area (TPSA) is 59.2 Å². The van der Waals surface area contributed by atoms with Gasteiger partial charge in [-0.15, -0.1) is 23.7 Å². The third kappa shape index (κ3) is 2.88. The Morgan fingerprint density at radius 3 is 3.00 bits per heavy atom. The van der Waals surface area contributed by atoms with E-state index >= 15 is 0 Å². The van der Waals surface area contributed by atoms with Crippen molar-refractivity contribution in [1.82, 2.24) is 9.88 Å². The van der Waals surface area contributed by atoms with Crippen molar-refractivity contribution in [2.75, 3.05) is 6.54 Å². The number of rotatable bonds is 3. The van der Waals surface area contributed by atoms with E-state index in [0.717, 1.165) is 24.4 Å². The van der Waals surface area contributed by atoms with Crippen molar-refractivity contribution in [3.63, 3.8) is 0 Å². The maximum atomic E-state index is 12.5. The van der Waals surface area contributed by atoms with Crippen LogP contribution in [0.3, 0.4) is 0 Å². The van der Waals surface area contributed by atoms with Crippen LogP contribution in [0.5, 0.6) is 0 Å². The Labute approximate surface area is 132 Å². The maximum absolute atomic E-state index is 12.5. The van der Waals surface area contributed by atoms with Crippen molar-refractivity contribution in [3.05, 3.63) is 38.5 Å². The van der Waals surface area contributed by atoms with Crippen LogP contribution in [0.1, 0.15) is 39.9 Å². The Hall–Kier alpha value is -0.950. The SMILES string of the molecule is Cl.NCc1nc(C(=O)N2CCCC2c2ccsc2)cs1. The molecule has 2 aromatic heterocycles. The van der Waals surface area contributed by atoms with Crippen molar-refractivity contribution in [2.24, 2.45) is 5.73 Å². The van der Waals surface area contributed by atoms with Gasteiger partial charge in [-0.3, -0.25) is 4.79 Å². The molecule has 1 aliphatic rings. The van der Waals surface area contributed by atoms with E-state index in [-0.39, 0.29) is 24.4 Å². The molecule has 3 heterocycles. The monoisotopic (exact) mass is 329 g/mol. The van der Waals surface area contributed by atoms with Gasteiger partial charge in [0.15, 0.2) is 0 Å². The normalized spacial score (nSPS) is 18.1. The van der Waals surface area contributed by atoms with Crippen molar-refractivity contribution in [2.45, 2.75) is 25.4 Å². The predicted octanol–water partition coefficient (Wildman–Crippen LogP) is 3.06. The zero-order valence-corrected chi connectivity index (χ0v) is 13.3. The van der Waals surface area contributed by atoms with E-state index in [1.54, 1.807) is 11.3 Å². The van der Waals surface area contributed by atoms with Crippen LogP contribution in [0.25, 0.3) is 0 Å². The molecule has 0 spiro atoms. The molecule has 0 bridgehead atoms. The molecule has 1 fully saturated rings. The number of likely N-dealkylation sites (tertiary alicyclic amines) is 1. The summed E-state index contributed by atoms with van der Waals surface area (Å²) in [6.07, 6.45) is 2.09. The molecule has 20 heavy (non-hydrogen) atoms. The van der Waals surface area contributed by atoms with Gasteiger partial charge in [-0.25, -0.2) is 4.98 Å². The first-order valence-electron chi connectivity index (χ1n) is 6.27. The van der Waals surface area contributed by atoms with E-state index in [0.29, 0.717) is 12.2 Å². The van der Waals surface area contributed by atoms with Crippen LogP contribution >= 0.6 is 35.1 Å². The quantitative estimate of drug-likeness (QED) is 0.941. The second-order valence-electron chi connectivity index (χ2n) is 4.54. The Morgan fingerprint density at radius 1 is 1.50 bits per heavy atom. The van der Waals surface area contributed by atoms with Gasteiger partial charge < -0.3 is 10.6 Å². The Bertz CT molecular complexity index is 570. The number of nitrogens with two attached hydrogens (primary N) is 1. The van der Waals surface area contributed by atoms with E-state index in [1.807, 2.05) is 10.3 Å². The minimum absolute atomic E-state index is 0. The van der Waals surface area contributed by atoms with Crippen molar-refractivity contribution in [1.29, 1.82) is 0 Å². The van der Waals surface area contributed by atoms with E-state index in [2.05, 4.69) is 21.8 Å². The first kappa shape index (κ1) is 15.4. The first-order valence-corrected chi connectivity index (χ1v) is 8.09. The number of thiazole rings is 1. The van der Waals surface area contributed by atoms with Gasteiger partial charge in [-0.05, 0) is 35.2 Å². The summed E-state index contributed by atoms with van der Waals surface area (Å²) in [6, 6.07) is 2.31. The number of amides is 1. The summed E-state index contributed by atoms with van der Waals surface area (Å²) in [7, 11) is 0. The Kier molecular flexibility index (Phi) is 5.15. The number of carbonyl (C=O) groups excluding carboxylic acids is 1. The molecule has 0 radical (unpaired) electrons. The highest BCUT2D eigenvalue weighted by atomic mass is 35.5. The van der Waals surface area contributed by atoms with E-state index in [1.165, 1.54) is 16.9 Å². The van der Waals surface area contributed by atoms with Gasteiger partial charge in [0.1, 0.15) is 10.7 Å². The molecule has 1 amide bonds. The summed E-state index contributed by atoms with van der Waals surface area (Å²) >= 11 is 3.13. The summed E-state index contributed by atoms with van der Waals surface area (Å²) in [4.78, 5) is 18.8. The summed E-state index contributed by atoms with van der Waals surface area (Å²) in [5.41, 5.74) is 7.32. The Morgan fingerprint density at radius 2 is 2.35 bits per heavy atom. The second kappa shape index (κ2) is 6.67. The molecule has 2 N–H and O–H groups in total. The van der Waals surface area contributed by atoms with Gasteiger partial charge in [0, 0.05) is 18.5 Å². The third-order valence-corrected chi connectivity index (χ3v) is 4.96. The standard InChI is InChI=1S/C13H15N3OS2.ClH/c14-6-12-15-10(8-19-12)13(17)16-4-1-2-11(16)9-3-5-18-7-9;/h3,5,7-8,11H,1-2,4,6,14H2;1H. The smallest absolute Gasteiger partial charge is 0.273 e. The van der Waals surface area contributed by atoms with E-state index in [4.69, 9.17) is 5.73 Å². The summed E-state index contributed by atoms with van der Waals surface area (Å²) in [5.74, 6) is 0.0321. The lowest BCUT2D eigenvalue weighted by molar-refractivity contribution is 0.0730. The lowest BCUT2D eigenvalue weighted by Gasteiger charge is -2.23. The van der Waals surface area contributed by atoms with Crippen LogP contribution < -0.4 is 5.73 Å². The van der Waals surface area contributed by atoms with Crippen LogP contribution in [-0.2, 0) is 6.54 Å². The van der Waals surface area contributed by atoms with E-state index in [9.17, 15) is 4.79 Å². The third-order valence-electron chi connectivity index (χ3n) is 3.39. The van der Waals surface area contributed by atoms with Crippen molar-refractivity contribution >= 4 is 41.0 Å². The van der Waals surface area contributed by atoms with E-state index < -0.39 is 0 Å². The lowest BCUT2D eigenvalue weighted by Crippen LogP contribution is -2.30. The zero-order valence-electron chi connectivity index (χ0n) is 10.8. The van der Waals surface area contributed by atoms with Crippen LogP contribution in [0.2, 0.25) is 0 Å². The molecule has 0 aromatic carbocycles. The highest BCUT2D eigenvalue weighted by Gasteiger charge is 2.31. The molecule has 1 aliphatic heterocycles. The molecule has 108 valence electrons. The van der Waals surface area contributed by atoms with Crippen LogP contribution in [-0.4, -0.2) is 22.3 Å². The number of carbonyl (C=O) groups is 1. The first-order chi connectivity index (χ1) is 9.29. The molecule has 3 rings (SSSR count). The van der Waals surface area contributed by atoms with Crippen LogP contribution in [0.15, 0.2) is 22.2 Å². The summed E-state index contributed by atoms with van der Waals surface area (Å²) in [5, 5.41) is 6.82. The minimum atomic E-state index is 0. The number of hydrogen-bond donors (Lipinski definition) is 1. The lowest BCUT2D eigenvalue weighted by atomic mass is 10.1. The van der Waals surface area contributed by atoms with Gasteiger partial charge in [-0.1, -0.05) is 0 Å². The second-order valence-corrected chi connectivity index (χ2v) is 6.27. The molecule has 1 atom stereocenters. The molecule has 0 aliphatic carbocycles. The highest BCUT2D eigenvalue weighted by molar-refractivity contribution is 7.09. The van der Waals surface area contributed by atoms with Crippen LogP contribution in [0, 0.1) is 0 Å². The Balaban J connectivity index is 0.00000147. The number of hydrogen-bond acceptors (Lipinski definition) is 5. The maximum Gasteiger partial charge on any atom is 0.273 e. The summed E-state index contributed by atoms with van der Waals surface area (Å²) < 4.78 is 0. The number of aromatic nitrogens is 1. The number of thiophene rings is 1. The molecular formula is C13H16ClN3OS2. The largest absolute Gasteiger partial charge is 0.330 e. The fraction of sp³-hybridized carbons (Fsp3) is 0.385. The number of nitrogens with zero attached hydrogens (tertiary/aromatic N) is 2. The van der Waals surface area contributed by atoms with Gasteiger partial charge in [-0.2, -0.15) is 11.3 Å².